The highest BCUT2D eigenvalue weighted by Gasteiger charge is 2.38. The van der Waals surface area contributed by atoms with E-state index in [4.69, 9.17) is 0 Å². The normalized spacial score (nSPS) is 27.6. The van der Waals surface area contributed by atoms with E-state index >= 15 is 0 Å². The molecule has 0 aromatic heterocycles. The first-order valence-electron chi connectivity index (χ1n) is 6.85. The van der Waals surface area contributed by atoms with Gasteiger partial charge in [0.2, 0.25) is 15.9 Å². The van der Waals surface area contributed by atoms with Gasteiger partial charge in [0.15, 0.2) is 5.75 Å². The second-order valence-corrected chi connectivity index (χ2v) is 7.15. The van der Waals surface area contributed by atoms with Crippen molar-refractivity contribution in [1.82, 2.24) is 9.62 Å². The predicted octanol–water partition coefficient (Wildman–Crippen LogP) is -0.520. The quantitative estimate of drug-likeness (QED) is 0.706. The Morgan fingerprint density at radius 3 is 2.90 bits per heavy atom. The summed E-state index contributed by atoms with van der Waals surface area (Å²) in [6.07, 6.45) is 1.73. The van der Waals surface area contributed by atoms with Gasteiger partial charge in [0.05, 0.1) is 6.61 Å². The molecule has 0 aromatic rings. The molecule has 7 nitrogen and oxygen atoms in total. The van der Waals surface area contributed by atoms with Crippen LogP contribution in [0.2, 0.25) is 0 Å². The molecule has 1 N–H and O–H groups in total. The number of hydrogen-bond donors (Lipinski definition) is 1. The Hall–Kier alpha value is -1.15. The van der Waals surface area contributed by atoms with Crippen LogP contribution in [0.4, 0.5) is 0 Å². The van der Waals surface area contributed by atoms with Crippen molar-refractivity contribution >= 4 is 21.9 Å². The highest BCUT2D eigenvalue weighted by molar-refractivity contribution is 7.89. The number of amides is 1. The van der Waals surface area contributed by atoms with Gasteiger partial charge in [0, 0.05) is 25.6 Å². The summed E-state index contributed by atoms with van der Waals surface area (Å²) in [6.45, 7) is 2.52. The maximum absolute atomic E-state index is 12.1. The summed E-state index contributed by atoms with van der Waals surface area (Å²) in [5.74, 6) is -1.15. The Morgan fingerprint density at radius 2 is 2.20 bits per heavy atom. The van der Waals surface area contributed by atoms with Crippen LogP contribution >= 0.6 is 0 Å². The van der Waals surface area contributed by atoms with Crippen LogP contribution in [0, 0.1) is 5.92 Å². The topological polar surface area (TPSA) is 92.8 Å². The molecule has 2 aliphatic rings. The molecule has 0 saturated carbocycles. The van der Waals surface area contributed by atoms with Gasteiger partial charge in [0.1, 0.15) is 0 Å². The van der Waals surface area contributed by atoms with Crippen molar-refractivity contribution in [2.24, 2.45) is 5.92 Å². The molecule has 2 fully saturated rings. The molecule has 0 radical (unpaired) electrons. The first-order chi connectivity index (χ1) is 9.42. The predicted molar refractivity (Wildman–Crippen MR) is 71.3 cm³/mol. The zero-order valence-electron chi connectivity index (χ0n) is 11.5. The molecule has 2 aliphatic heterocycles. The van der Waals surface area contributed by atoms with Gasteiger partial charge in [-0.3, -0.25) is 9.59 Å². The number of fused-ring (bicyclic) bond motifs is 1. The molecule has 2 rings (SSSR count). The summed E-state index contributed by atoms with van der Waals surface area (Å²) in [5.41, 5.74) is 0. The van der Waals surface area contributed by atoms with Gasteiger partial charge in [-0.05, 0) is 25.7 Å². The van der Waals surface area contributed by atoms with E-state index in [1.54, 1.807) is 6.92 Å². The van der Waals surface area contributed by atoms with E-state index < -0.39 is 21.7 Å². The van der Waals surface area contributed by atoms with Crippen molar-refractivity contribution in [2.45, 2.75) is 32.2 Å². The van der Waals surface area contributed by atoms with E-state index in [9.17, 15) is 18.0 Å². The van der Waals surface area contributed by atoms with E-state index in [1.165, 1.54) is 4.31 Å². The van der Waals surface area contributed by atoms with E-state index in [1.807, 2.05) is 0 Å². The molecular formula is C12H20N2O5S. The van der Waals surface area contributed by atoms with Crippen molar-refractivity contribution in [3.8, 4) is 0 Å². The first-order valence-corrected chi connectivity index (χ1v) is 8.46. The summed E-state index contributed by atoms with van der Waals surface area (Å²) in [7, 11) is -3.62. The van der Waals surface area contributed by atoms with Gasteiger partial charge in [0.25, 0.3) is 0 Å². The third kappa shape index (κ3) is 3.49. The van der Waals surface area contributed by atoms with E-state index in [2.05, 4.69) is 10.1 Å². The lowest BCUT2D eigenvalue weighted by Gasteiger charge is -2.40. The lowest BCUT2D eigenvalue weighted by Crippen LogP contribution is -2.55. The molecule has 0 aliphatic carbocycles. The van der Waals surface area contributed by atoms with Crippen molar-refractivity contribution in [1.29, 1.82) is 0 Å². The third-order valence-corrected chi connectivity index (χ3v) is 5.50. The zero-order valence-corrected chi connectivity index (χ0v) is 12.3. The van der Waals surface area contributed by atoms with Crippen LogP contribution in [-0.4, -0.2) is 56.1 Å². The fourth-order valence-corrected chi connectivity index (χ4v) is 4.14. The van der Waals surface area contributed by atoms with E-state index in [0.717, 1.165) is 0 Å². The molecule has 8 heteroatoms. The summed E-state index contributed by atoms with van der Waals surface area (Å²) < 4.78 is 30.3. The molecule has 114 valence electrons. The summed E-state index contributed by atoms with van der Waals surface area (Å²) >= 11 is 0. The molecular weight excluding hydrogens is 284 g/mol. The largest absolute Gasteiger partial charge is 0.465 e. The van der Waals surface area contributed by atoms with Gasteiger partial charge in [-0.15, -0.1) is 0 Å². The SMILES string of the molecule is CCOC(=O)CS(=O)(=O)N1CCC2NC(=O)CCC2C1. The molecule has 0 aromatic carbocycles. The second kappa shape index (κ2) is 6.09. The summed E-state index contributed by atoms with van der Waals surface area (Å²) in [6, 6.07) is 0.0605. The van der Waals surface area contributed by atoms with Gasteiger partial charge < -0.3 is 10.1 Å². The highest BCUT2D eigenvalue weighted by Crippen LogP contribution is 2.26. The van der Waals surface area contributed by atoms with Crippen LogP contribution in [-0.2, 0) is 24.3 Å². The lowest BCUT2D eigenvalue weighted by molar-refractivity contribution is -0.140. The number of carbonyl (C=O) groups is 2. The molecule has 2 atom stereocenters. The Morgan fingerprint density at radius 1 is 1.45 bits per heavy atom. The monoisotopic (exact) mass is 304 g/mol. The minimum absolute atomic E-state index is 0.0362. The molecule has 0 spiro atoms. The molecule has 0 bridgehead atoms. The standard InChI is InChI=1S/C12H20N2O5S/c1-2-19-12(16)8-20(17,18)14-6-5-10-9(7-14)3-4-11(15)13-10/h9-10H,2-8H2,1H3,(H,13,15). The van der Waals surface area contributed by atoms with Crippen molar-refractivity contribution in [3.63, 3.8) is 0 Å². The average molecular weight is 304 g/mol. The summed E-state index contributed by atoms with van der Waals surface area (Å²) in [5, 5.41) is 2.90. The van der Waals surface area contributed by atoms with Crippen LogP contribution in [0.15, 0.2) is 0 Å². The molecule has 2 heterocycles. The third-order valence-electron chi connectivity index (χ3n) is 3.78. The van der Waals surface area contributed by atoms with Gasteiger partial charge in [-0.25, -0.2) is 12.7 Å². The summed E-state index contributed by atoms with van der Waals surface area (Å²) in [4.78, 5) is 22.7. The minimum atomic E-state index is -3.62. The Labute approximate surface area is 118 Å². The van der Waals surface area contributed by atoms with Crippen LogP contribution in [0.1, 0.15) is 26.2 Å². The molecule has 20 heavy (non-hydrogen) atoms. The lowest BCUT2D eigenvalue weighted by atomic mass is 9.86. The molecule has 1 amide bonds. The zero-order chi connectivity index (χ0) is 14.8. The van der Waals surface area contributed by atoms with Gasteiger partial charge in [-0.2, -0.15) is 0 Å². The Balaban J connectivity index is 1.97. The fraction of sp³-hybridized carbons (Fsp3) is 0.833. The Bertz CT molecular complexity index is 490. The number of sulfonamides is 1. The van der Waals surface area contributed by atoms with Crippen molar-refractivity contribution in [3.05, 3.63) is 0 Å². The number of piperidine rings is 2. The van der Waals surface area contributed by atoms with Gasteiger partial charge in [-0.1, -0.05) is 0 Å². The Kier molecular flexibility index (Phi) is 4.64. The number of nitrogens with zero attached hydrogens (tertiary/aromatic N) is 1. The van der Waals surface area contributed by atoms with Crippen LogP contribution in [0.25, 0.3) is 0 Å². The van der Waals surface area contributed by atoms with Crippen LogP contribution in [0.3, 0.4) is 0 Å². The van der Waals surface area contributed by atoms with E-state index in [0.29, 0.717) is 32.4 Å². The fourth-order valence-electron chi connectivity index (χ4n) is 2.77. The number of esters is 1. The van der Waals surface area contributed by atoms with Crippen molar-refractivity contribution < 1.29 is 22.7 Å². The maximum atomic E-state index is 12.1. The number of ether oxygens (including phenoxy) is 1. The van der Waals surface area contributed by atoms with Crippen LogP contribution < -0.4 is 5.32 Å². The number of carbonyl (C=O) groups excluding carboxylic acids is 2. The smallest absolute Gasteiger partial charge is 0.322 e. The molecule has 2 saturated heterocycles. The molecule has 2 unspecified atom stereocenters. The minimum Gasteiger partial charge on any atom is -0.465 e. The number of rotatable bonds is 4. The highest BCUT2D eigenvalue weighted by atomic mass is 32.2. The average Bonchev–Trinajstić information content (AvgIpc) is 2.37. The second-order valence-electron chi connectivity index (χ2n) is 5.18. The van der Waals surface area contributed by atoms with E-state index in [-0.39, 0.29) is 24.5 Å². The first kappa shape index (κ1) is 15.2. The number of hydrogen-bond acceptors (Lipinski definition) is 5. The van der Waals surface area contributed by atoms with Crippen molar-refractivity contribution in [2.75, 3.05) is 25.4 Å². The number of nitrogens with one attached hydrogen (secondary N) is 1. The maximum Gasteiger partial charge on any atom is 0.322 e. The van der Waals surface area contributed by atoms with Crippen LogP contribution in [0.5, 0.6) is 0 Å². The van der Waals surface area contributed by atoms with Gasteiger partial charge >= 0.3 is 5.97 Å².